The number of fused-ring (bicyclic) bond motifs is 2. The summed E-state index contributed by atoms with van der Waals surface area (Å²) in [7, 11) is 1.52. The Morgan fingerprint density at radius 1 is 1.07 bits per heavy atom. The van der Waals surface area contributed by atoms with Crippen molar-refractivity contribution in [2.45, 2.75) is 25.3 Å². The van der Waals surface area contributed by atoms with E-state index in [1.54, 1.807) is 24.5 Å². The van der Waals surface area contributed by atoms with Crippen LogP contribution in [0.3, 0.4) is 0 Å². The van der Waals surface area contributed by atoms with Crippen LogP contribution in [0.15, 0.2) is 77.9 Å². The molecule has 0 saturated carbocycles. The van der Waals surface area contributed by atoms with Crippen molar-refractivity contribution in [2.75, 3.05) is 26.8 Å². The number of unbranched alkanes of at least 4 members (excludes halogenated alkanes) is 1. The summed E-state index contributed by atoms with van der Waals surface area (Å²) in [6.07, 6.45) is 4.56. The summed E-state index contributed by atoms with van der Waals surface area (Å²) >= 11 is 0. The SMILES string of the molecule is CCCCOC(=O)N1CC(NC(=O)c2cc3c(=O)[nH]c(-c4ccc5ccccc5c4)cn3n2)(c2ccc(OC)nc2)C1. The highest BCUT2D eigenvalue weighted by Crippen LogP contribution is 2.33. The maximum atomic E-state index is 13.5. The number of methoxy groups -OCH3 is 1. The molecule has 0 atom stereocenters. The highest BCUT2D eigenvalue weighted by molar-refractivity contribution is 5.94. The van der Waals surface area contributed by atoms with E-state index < -0.39 is 17.5 Å². The standard InChI is InChI=1S/C31H30N6O5/c1-3-4-13-42-30(40)36-18-31(19-36,23-11-12-27(41-2)32-16-23)34-28(38)24-15-26-29(39)33-25(17-37(26)35-24)22-10-9-20-7-5-6-8-21(20)14-22/h5-12,14-17H,3-4,13,18-19H2,1-2H3,(H,33,39)(H,34,38). The molecule has 0 bridgehead atoms. The van der Waals surface area contributed by atoms with Crippen molar-refractivity contribution in [1.29, 1.82) is 0 Å². The van der Waals surface area contributed by atoms with Crippen molar-refractivity contribution in [1.82, 2.24) is 29.8 Å². The Kier molecular flexibility index (Phi) is 7.07. The van der Waals surface area contributed by atoms with E-state index in [-0.39, 0.29) is 29.9 Å². The molecule has 5 aromatic rings. The molecule has 0 radical (unpaired) electrons. The number of pyridine rings is 1. The van der Waals surface area contributed by atoms with Gasteiger partial charge in [-0.2, -0.15) is 5.10 Å². The smallest absolute Gasteiger partial charge is 0.409 e. The second kappa shape index (κ2) is 11.0. The van der Waals surface area contributed by atoms with Crippen LogP contribution in [0.1, 0.15) is 35.8 Å². The quantitative estimate of drug-likeness (QED) is 0.270. The second-order valence-corrected chi connectivity index (χ2v) is 10.4. The average molecular weight is 567 g/mol. The van der Waals surface area contributed by atoms with Gasteiger partial charge in [-0.05, 0) is 34.9 Å². The number of benzene rings is 2. The van der Waals surface area contributed by atoms with Gasteiger partial charge in [0.25, 0.3) is 11.5 Å². The van der Waals surface area contributed by atoms with Crippen LogP contribution in [0.4, 0.5) is 4.79 Å². The zero-order chi connectivity index (χ0) is 29.3. The molecule has 0 aliphatic carbocycles. The first-order chi connectivity index (χ1) is 20.4. The predicted molar refractivity (Wildman–Crippen MR) is 157 cm³/mol. The Hall–Kier alpha value is -5.19. The summed E-state index contributed by atoms with van der Waals surface area (Å²) < 4.78 is 11.9. The first kappa shape index (κ1) is 27.0. The van der Waals surface area contributed by atoms with Crippen molar-refractivity contribution in [3.8, 4) is 17.1 Å². The van der Waals surface area contributed by atoms with Gasteiger partial charge < -0.3 is 24.7 Å². The number of carbonyl (C=O) groups is 2. The largest absolute Gasteiger partial charge is 0.481 e. The molecule has 0 spiro atoms. The van der Waals surface area contributed by atoms with E-state index >= 15 is 0 Å². The van der Waals surface area contributed by atoms with Crippen molar-refractivity contribution in [3.63, 3.8) is 0 Å². The number of rotatable bonds is 8. The highest BCUT2D eigenvalue weighted by atomic mass is 16.6. The molecule has 11 nitrogen and oxygen atoms in total. The molecule has 4 heterocycles. The molecule has 1 aliphatic heterocycles. The summed E-state index contributed by atoms with van der Waals surface area (Å²) in [6, 6.07) is 18.8. The van der Waals surface area contributed by atoms with E-state index in [1.165, 1.54) is 22.6 Å². The van der Waals surface area contributed by atoms with E-state index in [9.17, 15) is 14.4 Å². The zero-order valence-electron chi connectivity index (χ0n) is 23.3. The van der Waals surface area contributed by atoms with Gasteiger partial charge >= 0.3 is 6.09 Å². The molecule has 2 amide bonds. The number of ether oxygens (including phenoxy) is 2. The number of aromatic nitrogens is 4. The van der Waals surface area contributed by atoms with Crippen LogP contribution in [0.2, 0.25) is 0 Å². The van der Waals surface area contributed by atoms with Crippen LogP contribution in [0, 0.1) is 0 Å². The van der Waals surface area contributed by atoms with Gasteiger partial charge in [0, 0.05) is 23.9 Å². The number of nitrogens with one attached hydrogen (secondary N) is 2. The first-order valence-electron chi connectivity index (χ1n) is 13.8. The van der Waals surface area contributed by atoms with Gasteiger partial charge in [-0.25, -0.2) is 14.3 Å². The third-order valence-corrected chi connectivity index (χ3v) is 7.52. The van der Waals surface area contributed by atoms with E-state index in [4.69, 9.17) is 9.47 Å². The van der Waals surface area contributed by atoms with Gasteiger partial charge in [-0.15, -0.1) is 0 Å². The van der Waals surface area contributed by atoms with Crippen LogP contribution < -0.4 is 15.6 Å². The summed E-state index contributed by atoms with van der Waals surface area (Å²) in [5.41, 5.74) is 1.12. The minimum Gasteiger partial charge on any atom is -0.481 e. The number of likely N-dealkylation sites (tertiary alicyclic amines) is 1. The summed E-state index contributed by atoms with van der Waals surface area (Å²) in [5, 5.41) is 9.61. The molecule has 42 heavy (non-hydrogen) atoms. The van der Waals surface area contributed by atoms with Gasteiger partial charge in [-0.1, -0.05) is 49.7 Å². The van der Waals surface area contributed by atoms with Gasteiger partial charge in [0.2, 0.25) is 5.88 Å². The van der Waals surface area contributed by atoms with Crippen molar-refractivity contribution in [2.24, 2.45) is 0 Å². The molecule has 6 rings (SSSR count). The minimum atomic E-state index is -0.918. The molecule has 1 aliphatic rings. The second-order valence-electron chi connectivity index (χ2n) is 10.4. The summed E-state index contributed by atoms with van der Waals surface area (Å²) in [4.78, 5) is 47.8. The van der Waals surface area contributed by atoms with E-state index in [0.717, 1.165) is 29.2 Å². The maximum Gasteiger partial charge on any atom is 0.409 e. The highest BCUT2D eigenvalue weighted by Gasteiger charge is 2.49. The Balaban J connectivity index is 1.27. The van der Waals surface area contributed by atoms with E-state index in [1.807, 2.05) is 49.4 Å². The van der Waals surface area contributed by atoms with E-state index in [0.29, 0.717) is 23.7 Å². The third-order valence-electron chi connectivity index (χ3n) is 7.52. The fraction of sp³-hybridized carbons (Fsp3) is 0.258. The molecular formula is C31H30N6O5. The lowest BCUT2D eigenvalue weighted by Crippen LogP contribution is -2.69. The van der Waals surface area contributed by atoms with Crippen LogP contribution in [-0.4, -0.2) is 63.3 Å². The predicted octanol–water partition coefficient (Wildman–Crippen LogP) is 4.12. The van der Waals surface area contributed by atoms with Crippen LogP contribution >= 0.6 is 0 Å². The van der Waals surface area contributed by atoms with Crippen LogP contribution in [0.5, 0.6) is 5.88 Å². The maximum absolute atomic E-state index is 13.5. The average Bonchev–Trinajstić information content (AvgIpc) is 3.44. The fourth-order valence-corrected chi connectivity index (χ4v) is 5.15. The first-order valence-corrected chi connectivity index (χ1v) is 13.8. The number of amides is 2. The lowest BCUT2D eigenvalue weighted by Gasteiger charge is -2.49. The number of hydrogen-bond donors (Lipinski definition) is 2. The molecule has 214 valence electrons. The zero-order valence-corrected chi connectivity index (χ0v) is 23.3. The number of hydrogen-bond acceptors (Lipinski definition) is 7. The number of nitrogens with zero attached hydrogens (tertiary/aromatic N) is 4. The van der Waals surface area contributed by atoms with Crippen molar-refractivity contribution in [3.05, 3.63) is 94.7 Å². The summed E-state index contributed by atoms with van der Waals surface area (Å²) in [6.45, 7) is 2.74. The van der Waals surface area contributed by atoms with Crippen molar-refractivity contribution >= 4 is 28.3 Å². The Morgan fingerprint density at radius 2 is 1.88 bits per heavy atom. The molecule has 11 heteroatoms. The normalized spacial score (nSPS) is 14.0. The number of H-pyrrole nitrogens is 1. The van der Waals surface area contributed by atoms with Gasteiger partial charge in [0.1, 0.15) is 11.1 Å². The Morgan fingerprint density at radius 3 is 2.62 bits per heavy atom. The summed E-state index contributed by atoms with van der Waals surface area (Å²) in [5.74, 6) is -0.0580. The lowest BCUT2D eigenvalue weighted by molar-refractivity contribution is 0.0205. The van der Waals surface area contributed by atoms with Crippen LogP contribution in [0.25, 0.3) is 27.5 Å². The Labute approximate surface area is 241 Å². The fourth-order valence-electron chi connectivity index (χ4n) is 5.15. The molecule has 0 unspecified atom stereocenters. The monoisotopic (exact) mass is 566 g/mol. The van der Waals surface area contributed by atoms with Gasteiger partial charge in [-0.3, -0.25) is 9.59 Å². The number of carbonyl (C=O) groups excluding carboxylic acids is 2. The van der Waals surface area contributed by atoms with E-state index in [2.05, 4.69) is 20.4 Å². The molecular weight excluding hydrogens is 536 g/mol. The van der Waals surface area contributed by atoms with Gasteiger partial charge in [0.05, 0.1) is 38.7 Å². The topological polar surface area (TPSA) is 131 Å². The molecule has 2 aromatic carbocycles. The molecule has 1 saturated heterocycles. The van der Waals surface area contributed by atoms with Crippen LogP contribution in [-0.2, 0) is 10.3 Å². The number of aromatic amines is 1. The molecule has 1 fully saturated rings. The van der Waals surface area contributed by atoms with Gasteiger partial charge in [0.15, 0.2) is 5.69 Å². The molecule has 2 N–H and O–H groups in total. The third kappa shape index (κ3) is 5.05. The Bertz CT molecular complexity index is 1840. The van der Waals surface area contributed by atoms with Crippen molar-refractivity contribution < 1.29 is 19.1 Å². The lowest BCUT2D eigenvalue weighted by atomic mass is 9.83. The molecule has 3 aromatic heterocycles. The minimum absolute atomic E-state index is 0.0704.